The van der Waals surface area contributed by atoms with Crippen LogP contribution in [0.15, 0.2) is 35.7 Å². The van der Waals surface area contributed by atoms with Gasteiger partial charge in [0.2, 0.25) is 0 Å². The molecule has 22 heavy (non-hydrogen) atoms. The topological polar surface area (TPSA) is 47.9 Å². The van der Waals surface area contributed by atoms with Crippen molar-refractivity contribution in [1.29, 1.82) is 5.41 Å². The second-order valence-corrected chi connectivity index (χ2v) is 6.10. The first-order chi connectivity index (χ1) is 9.76. The molecule has 0 bridgehead atoms. The summed E-state index contributed by atoms with van der Waals surface area (Å²) < 4.78 is 0. The average Bonchev–Trinajstić information content (AvgIpc) is 3.01. The second-order valence-electron chi connectivity index (χ2n) is 5.15. The minimum absolute atomic E-state index is 0. The molecule has 3 rings (SSSR count). The molecule has 1 atom stereocenters. The maximum absolute atomic E-state index is 8.07. The summed E-state index contributed by atoms with van der Waals surface area (Å²) in [6, 6.07) is 11.0. The maximum Gasteiger partial charge on any atom is 0.140 e. The number of thiophene rings is 1. The Kier molecular flexibility index (Phi) is 7.36. The van der Waals surface area contributed by atoms with Crippen LogP contribution in [-0.2, 0) is 13.0 Å². The van der Waals surface area contributed by atoms with Gasteiger partial charge in [-0.05, 0) is 47.5 Å². The largest absolute Gasteiger partial charge is 0.340 e. The fourth-order valence-corrected chi connectivity index (χ4v) is 3.20. The van der Waals surface area contributed by atoms with E-state index in [9.17, 15) is 0 Å². The van der Waals surface area contributed by atoms with Crippen LogP contribution in [0.4, 0.5) is 5.69 Å². The smallest absolute Gasteiger partial charge is 0.140 e. The highest BCUT2D eigenvalue weighted by atomic mass is 35.5. The third-order valence-electron chi connectivity index (χ3n) is 3.78. The Bertz CT molecular complexity index is 614. The fourth-order valence-electron chi connectivity index (χ4n) is 2.57. The minimum atomic E-state index is 0. The van der Waals surface area contributed by atoms with E-state index in [1.165, 1.54) is 17.5 Å². The van der Waals surface area contributed by atoms with Crippen LogP contribution in [0.25, 0.3) is 0 Å². The lowest BCUT2D eigenvalue weighted by Gasteiger charge is -2.25. The Morgan fingerprint density at radius 1 is 1.32 bits per heavy atom. The van der Waals surface area contributed by atoms with Gasteiger partial charge in [-0.2, -0.15) is 0 Å². The minimum Gasteiger partial charge on any atom is -0.340 e. The number of hydrogen-bond donors (Lipinski definition) is 3. The number of amidine groups is 1. The zero-order valence-electron chi connectivity index (χ0n) is 12.4. The van der Waals surface area contributed by atoms with E-state index in [4.69, 9.17) is 5.41 Å². The van der Waals surface area contributed by atoms with Crippen molar-refractivity contribution in [3.05, 3.63) is 51.7 Å². The highest BCUT2D eigenvalue weighted by Crippen LogP contribution is 2.22. The van der Waals surface area contributed by atoms with Gasteiger partial charge < -0.3 is 10.6 Å². The van der Waals surface area contributed by atoms with Crippen LogP contribution in [0.3, 0.4) is 0 Å². The lowest BCUT2D eigenvalue weighted by Crippen LogP contribution is -2.34. The van der Waals surface area contributed by atoms with Gasteiger partial charge in [-0.25, -0.2) is 0 Å². The number of halogens is 2. The molecule has 0 aliphatic carbocycles. The molecule has 3 N–H and O–H groups in total. The third-order valence-corrected chi connectivity index (χ3v) is 4.67. The number of hydrogen-bond acceptors (Lipinski definition) is 3. The van der Waals surface area contributed by atoms with Crippen molar-refractivity contribution in [2.45, 2.75) is 32.4 Å². The van der Waals surface area contributed by atoms with E-state index in [1.54, 1.807) is 11.3 Å². The van der Waals surface area contributed by atoms with Gasteiger partial charge >= 0.3 is 0 Å². The molecule has 1 aliphatic rings. The van der Waals surface area contributed by atoms with Gasteiger partial charge in [-0.15, -0.1) is 36.2 Å². The van der Waals surface area contributed by atoms with Gasteiger partial charge in [-0.3, -0.25) is 5.41 Å². The first kappa shape index (κ1) is 19.0. The molecule has 0 fully saturated rings. The van der Waals surface area contributed by atoms with Crippen LogP contribution in [0.1, 0.15) is 29.3 Å². The lowest BCUT2D eigenvalue weighted by molar-refractivity contribution is 0.468. The van der Waals surface area contributed by atoms with Crippen molar-refractivity contribution in [3.8, 4) is 0 Å². The van der Waals surface area contributed by atoms with E-state index in [-0.39, 0.29) is 24.8 Å². The van der Waals surface area contributed by atoms with Crippen LogP contribution < -0.4 is 10.6 Å². The Morgan fingerprint density at radius 3 is 2.82 bits per heavy atom. The number of nitrogens with one attached hydrogen (secondary N) is 3. The van der Waals surface area contributed by atoms with Gasteiger partial charge in [0.25, 0.3) is 0 Å². The first-order valence-electron chi connectivity index (χ1n) is 7.01. The summed E-state index contributed by atoms with van der Waals surface area (Å²) in [7, 11) is 0. The molecule has 0 saturated heterocycles. The van der Waals surface area contributed by atoms with Crippen molar-refractivity contribution in [1.82, 2.24) is 5.32 Å². The molecule has 0 amide bonds. The first-order valence-corrected chi connectivity index (χ1v) is 7.89. The second kappa shape index (κ2) is 8.53. The number of rotatable bonds is 3. The molecule has 2 heterocycles. The number of anilines is 1. The predicted octanol–water partition coefficient (Wildman–Crippen LogP) is 4.45. The average molecular weight is 358 g/mol. The summed E-state index contributed by atoms with van der Waals surface area (Å²) in [4.78, 5) is 0.965. The summed E-state index contributed by atoms with van der Waals surface area (Å²) in [6.45, 7) is 3.15. The highest BCUT2D eigenvalue weighted by Gasteiger charge is 2.16. The van der Waals surface area contributed by atoms with Crippen LogP contribution in [-0.4, -0.2) is 11.9 Å². The van der Waals surface area contributed by atoms with E-state index < -0.39 is 0 Å². The third kappa shape index (κ3) is 4.23. The monoisotopic (exact) mass is 357 g/mol. The molecular formula is C16H21Cl2N3S. The van der Waals surface area contributed by atoms with Crippen molar-refractivity contribution >= 4 is 47.7 Å². The van der Waals surface area contributed by atoms with Crippen LogP contribution >= 0.6 is 36.2 Å². The van der Waals surface area contributed by atoms with E-state index >= 15 is 0 Å². The number of benzene rings is 1. The summed E-state index contributed by atoms with van der Waals surface area (Å²) in [6.07, 6.45) is 2.27. The lowest BCUT2D eigenvalue weighted by atomic mass is 9.94. The predicted molar refractivity (Wildman–Crippen MR) is 100 cm³/mol. The Hall–Kier alpha value is -1.07. The molecule has 120 valence electrons. The maximum atomic E-state index is 8.07. The Labute approximate surface area is 147 Å². The molecule has 2 aromatic rings. The number of fused-ring (bicyclic) bond motifs is 1. The molecular weight excluding hydrogens is 337 g/mol. The molecule has 0 radical (unpaired) electrons. The summed E-state index contributed by atoms with van der Waals surface area (Å²) in [5.41, 5.74) is 3.78. The molecule has 1 aliphatic heterocycles. The molecule has 1 aromatic carbocycles. The van der Waals surface area contributed by atoms with E-state index in [0.29, 0.717) is 11.9 Å². The van der Waals surface area contributed by atoms with Crippen molar-refractivity contribution in [3.63, 3.8) is 0 Å². The van der Waals surface area contributed by atoms with Gasteiger partial charge in [-0.1, -0.05) is 19.1 Å². The normalized spacial score (nSPS) is 16.0. The Morgan fingerprint density at radius 2 is 2.14 bits per heavy atom. The molecule has 0 saturated carbocycles. The molecule has 3 nitrogen and oxygen atoms in total. The quantitative estimate of drug-likeness (QED) is 0.561. The summed E-state index contributed by atoms with van der Waals surface area (Å²) in [5.74, 6) is 0.468. The van der Waals surface area contributed by atoms with E-state index in [1.807, 2.05) is 17.5 Å². The fraction of sp³-hybridized carbons (Fsp3) is 0.312. The zero-order chi connectivity index (χ0) is 13.9. The van der Waals surface area contributed by atoms with Crippen molar-refractivity contribution in [2.75, 3.05) is 5.32 Å². The van der Waals surface area contributed by atoms with Gasteiger partial charge in [0.05, 0.1) is 4.88 Å². The highest BCUT2D eigenvalue weighted by molar-refractivity contribution is 7.12. The van der Waals surface area contributed by atoms with Gasteiger partial charge in [0.1, 0.15) is 5.84 Å². The zero-order valence-corrected chi connectivity index (χ0v) is 14.8. The molecule has 1 unspecified atom stereocenters. The van der Waals surface area contributed by atoms with E-state index in [0.717, 1.165) is 23.5 Å². The van der Waals surface area contributed by atoms with Crippen LogP contribution in [0.2, 0.25) is 0 Å². The van der Waals surface area contributed by atoms with Crippen LogP contribution in [0.5, 0.6) is 0 Å². The summed E-state index contributed by atoms with van der Waals surface area (Å²) in [5, 5.41) is 16.8. The van der Waals surface area contributed by atoms with Crippen molar-refractivity contribution < 1.29 is 0 Å². The Balaban J connectivity index is 0.00000121. The van der Waals surface area contributed by atoms with Crippen molar-refractivity contribution in [2.24, 2.45) is 0 Å². The SMILES string of the molecule is CCC1Cc2ccc(NC(=N)c3cccs3)cc2CN1.Cl.Cl. The van der Waals surface area contributed by atoms with Gasteiger partial charge in [0, 0.05) is 18.3 Å². The van der Waals surface area contributed by atoms with Crippen LogP contribution in [0, 0.1) is 5.41 Å². The standard InChI is InChI=1S/C16H19N3S.2ClH/c1-2-13-8-11-5-6-14(9-12(11)10-18-13)19-16(17)15-4-3-7-20-15;;/h3-7,9,13,18H,2,8,10H2,1H3,(H2,17,19);2*1H. The van der Waals surface area contributed by atoms with E-state index in [2.05, 4.69) is 35.8 Å². The summed E-state index contributed by atoms with van der Waals surface area (Å²) >= 11 is 1.58. The molecule has 6 heteroatoms. The molecule has 0 spiro atoms. The molecule has 1 aromatic heterocycles. The van der Waals surface area contributed by atoms with Gasteiger partial charge in [0.15, 0.2) is 0 Å².